The summed E-state index contributed by atoms with van der Waals surface area (Å²) in [4.78, 5) is -0.408. The molecule has 1 aromatic carbocycles. The lowest BCUT2D eigenvalue weighted by Gasteiger charge is -2.35. The number of hydrogen-bond acceptors (Lipinski definition) is 4. The summed E-state index contributed by atoms with van der Waals surface area (Å²) in [5.74, 6) is -0.791. The van der Waals surface area contributed by atoms with Gasteiger partial charge in [-0.05, 0) is 51.3 Å². The fraction of sp³-hybridized carbons (Fsp3) is 0.571. The van der Waals surface area contributed by atoms with Gasteiger partial charge in [-0.3, -0.25) is 0 Å². The molecule has 5 nitrogen and oxygen atoms in total. The van der Waals surface area contributed by atoms with E-state index in [1.165, 1.54) is 0 Å². The molecule has 1 aliphatic rings. The summed E-state index contributed by atoms with van der Waals surface area (Å²) in [5.41, 5.74) is 6.06. The second kappa shape index (κ2) is 5.55. The van der Waals surface area contributed by atoms with E-state index < -0.39 is 26.3 Å². The summed E-state index contributed by atoms with van der Waals surface area (Å²) < 4.78 is 46.7. The molecule has 118 valence electrons. The topological polar surface area (TPSA) is 81.4 Å². The zero-order valence-electron chi connectivity index (χ0n) is 12.4. The van der Waals surface area contributed by atoms with E-state index in [4.69, 9.17) is 10.5 Å². The molecule has 0 saturated carbocycles. The molecule has 1 aromatic rings. The van der Waals surface area contributed by atoms with Crippen LogP contribution >= 0.6 is 0 Å². The molecule has 7 heteroatoms. The number of anilines is 1. The van der Waals surface area contributed by atoms with E-state index in [9.17, 15) is 12.8 Å². The number of nitrogens with one attached hydrogen (secondary N) is 1. The molecular formula is C14H21FN2O3S. The van der Waals surface area contributed by atoms with E-state index in [2.05, 4.69) is 4.72 Å². The molecule has 0 aromatic heterocycles. The zero-order valence-corrected chi connectivity index (χ0v) is 13.3. The predicted octanol–water partition coefficient (Wildman–Crippen LogP) is 1.95. The minimum absolute atomic E-state index is 0.254. The molecule has 0 aliphatic carbocycles. The molecule has 3 N–H and O–H groups in total. The van der Waals surface area contributed by atoms with E-state index >= 15 is 0 Å². The van der Waals surface area contributed by atoms with Crippen LogP contribution in [0.15, 0.2) is 17.0 Å². The van der Waals surface area contributed by atoms with E-state index in [-0.39, 0.29) is 11.7 Å². The Balaban J connectivity index is 2.25. The predicted molar refractivity (Wildman–Crippen MR) is 78.9 cm³/mol. The van der Waals surface area contributed by atoms with Gasteiger partial charge in [0.1, 0.15) is 10.7 Å². The number of ether oxygens (including phenoxy) is 1. The number of halogens is 1. The minimum atomic E-state index is -3.94. The average molecular weight is 316 g/mol. The molecule has 0 bridgehead atoms. The fourth-order valence-electron chi connectivity index (χ4n) is 2.49. The van der Waals surface area contributed by atoms with Crippen molar-refractivity contribution in [3.05, 3.63) is 23.5 Å². The lowest BCUT2D eigenvalue weighted by molar-refractivity contribution is -0.0599. The molecule has 0 radical (unpaired) electrons. The van der Waals surface area contributed by atoms with Gasteiger partial charge >= 0.3 is 0 Å². The van der Waals surface area contributed by atoms with Gasteiger partial charge in [-0.25, -0.2) is 17.5 Å². The first-order valence-electron chi connectivity index (χ1n) is 6.83. The molecule has 1 fully saturated rings. The number of sulfonamides is 1. The van der Waals surface area contributed by atoms with Crippen LogP contribution in [0.3, 0.4) is 0 Å². The Bertz CT molecular complexity index is 644. The standard InChI is InChI=1S/C14H21FN2O3S/c1-9-6-11(15)13(7-12(9)16)21(18,19)17-10-4-5-20-14(2,3)8-10/h6-7,10,17H,4-5,8,16H2,1-3H3. The van der Waals surface area contributed by atoms with Crippen LogP contribution in [0.1, 0.15) is 32.3 Å². The van der Waals surface area contributed by atoms with Crippen molar-refractivity contribution in [2.75, 3.05) is 12.3 Å². The first-order valence-corrected chi connectivity index (χ1v) is 8.31. The van der Waals surface area contributed by atoms with Crippen LogP contribution in [-0.4, -0.2) is 26.7 Å². The van der Waals surface area contributed by atoms with Crippen molar-refractivity contribution in [2.24, 2.45) is 0 Å². The number of benzene rings is 1. The third-order valence-corrected chi connectivity index (χ3v) is 5.16. The summed E-state index contributed by atoms with van der Waals surface area (Å²) in [7, 11) is -3.94. The normalized spacial score (nSPS) is 22.2. The molecule has 1 aliphatic heterocycles. The van der Waals surface area contributed by atoms with E-state index in [1.54, 1.807) is 6.92 Å². The SMILES string of the molecule is Cc1cc(F)c(S(=O)(=O)NC2CCOC(C)(C)C2)cc1N. The molecule has 1 unspecified atom stereocenters. The molecule has 0 amide bonds. The van der Waals surface area contributed by atoms with Gasteiger partial charge in [0.05, 0.1) is 5.60 Å². The third kappa shape index (κ3) is 3.72. The Morgan fingerprint density at radius 2 is 2.10 bits per heavy atom. The number of aryl methyl sites for hydroxylation is 1. The highest BCUT2D eigenvalue weighted by Gasteiger charge is 2.32. The number of nitrogen functional groups attached to an aromatic ring is 1. The average Bonchev–Trinajstić information content (AvgIpc) is 2.31. The highest BCUT2D eigenvalue weighted by atomic mass is 32.2. The Hall–Kier alpha value is -1.18. The molecular weight excluding hydrogens is 295 g/mol. The van der Waals surface area contributed by atoms with Crippen molar-refractivity contribution in [2.45, 2.75) is 50.2 Å². The minimum Gasteiger partial charge on any atom is -0.398 e. The van der Waals surface area contributed by atoms with Gasteiger partial charge in [-0.2, -0.15) is 0 Å². The third-order valence-electron chi connectivity index (χ3n) is 3.63. The second-order valence-electron chi connectivity index (χ2n) is 6.06. The highest BCUT2D eigenvalue weighted by Crippen LogP contribution is 2.26. The second-order valence-corrected chi connectivity index (χ2v) is 7.74. The number of hydrogen-bond donors (Lipinski definition) is 2. The summed E-state index contributed by atoms with van der Waals surface area (Å²) >= 11 is 0. The lowest BCUT2D eigenvalue weighted by Crippen LogP contribution is -2.45. The van der Waals surface area contributed by atoms with Crippen molar-refractivity contribution in [3.8, 4) is 0 Å². The van der Waals surface area contributed by atoms with E-state index in [0.29, 0.717) is 25.0 Å². The molecule has 1 saturated heterocycles. The lowest BCUT2D eigenvalue weighted by atomic mass is 9.95. The van der Waals surface area contributed by atoms with Crippen molar-refractivity contribution in [1.29, 1.82) is 0 Å². The summed E-state index contributed by atoms with van der Waals surface area (Å²) in [6, 6.07) is 2.02. The Morgan fingerprint density at radius 3 is 2.71 bits per heavy atom. The van der Waals surface area contributed by atoms with Crippen molar-refractivity contribution in [1.82, 2.24) is 4.72 Å². The Morgan fingerprint density at radius 1 is 1.43 bits per heavy atom. The summed E-state index contributed by atoms with van der Waals surface area (Å²) in [6.07, 6.45) is 1.10. The van der Waals surface area contributed by atoms with Gasteiger partial charge < -0.3 is 10.5 Å². The monoisotopic (exact) mass is 316 g/mol. The molecule has 2 rings (SSSR count). The van der Waals surface area contributed by atoms with Gasteiger partial charge in [0.2, 0.25) is 10.0 Å². The van der Waals surface area contributed by atoms with Crippen LogP contribution in [0.2, 0.25) is 0 Å². The van der Waals surface area contributed by atoms with Gasteiger partial charge in [-0.15, -0.1) is 0 Å². The summed E-state index contributed by atoms with van der Waals surface area (Å²) in [5, 5.41) is 0. The van der Waals surface area contributed by atoms with Crippen LogP contribution < -0.4 is 10.5 Å². The van der Waals surface area contributed by atoms with Crippen molar-refractivity contribution in [3.63, 3.8) is 0 Å². The van der Waals surface area contributed by atoms with Gasteiger partial charge in [0.25, 0.3) is 0 Å². The largest absolute Gasteiger partial charge is 0.398 e. The van der Waals surface area contributed by atoms with Crippen LogP contribution in [0.25, 0.3) is 0 Å². The Labute approximate surface area is 124 Å². The first kappa shape index (κ1) is 16.2. The van der Waals surface area contributed by atoms with Gasteiger partial charge in [-0.1, -0.05) is 0 Å². The maximum atomic E-state index is 13.9. The van der Waals surface area contributed by atoms with Gasteiger partial charge in [0.15, 0.2) is 0 Å². The van der Waals surface area contributed by atoms with Gasteiger partial charge in [0, 0.05) is 18.3 Å². The Kier molecular flexibility index (Phi) is 4.28. The van der Waals surface area contributed by atoms with Crippen molar-refractivity contribution >= 4 is 15.7 Å². The van der Waals surface area contributed by atoms with Crippen molar-refractivity contribution < 1.29 is 17.5 Å². The van der Waals surface area contributed by atoms with E-state index in [1.807, 2.05) is 13.8 Å². The summed E-state index contributed by atoms with van der Waals surface area (Å²) in [6.45, 7) is 5.90. The molecule has 1 heterocycles. The van der Waals surface area contributed by atoms with E-state index in [0.717, 1.165) is 12.1 Å². The molecule has 21 heavy (non-hydrogen) atoms. The highest BCUT2D eigenvalue weighted by molar-refractivity contribution is 7.89. The molecule has 1 atom stereocenters. The smallest absolute Gasteiger partial charge is 0.243 e. The number of rotatable bonds is 3. The van der Waals surface area contributed by atoms with Crippen LogP contribution in [0.5, 0.6) is 0 Å². The van der Waals surface area contributed by atoms with Crippen LogP contribution in [0, 0.1) is 12.7 Å². The fourth-order valence-corrected chi connectivity index (χ4v) is 3.85. The van der Waals surface area contributed by atoms with Crippen LogP contribution in [0.4, 0.5) is 10.1 Å². The first-order chi connectivity index (χ1) is 9.61. The van der Waals surface area contributed by atoms with Crippen LogP contribution in [-0.2, 0) is 14.8 Å². The maximum absolute atomic E-state index is 13.9. The maximum Gasteiger partial charge on any atom is 0.243 e. The molecule has 0 spiro atoms. The quantitative estimate of drug-likeness (QED) is 0.835. The number of nitrogens with two attached hydrogens (primary N) is 1. The zero-order chi connectivity index (χ0) is 15.8.